The van der Waals surface area contributed by atoms with Crippen LogP contribution in [0.4, 0.5) is 0 Å². The SMILES string of the molecule is CS(=O)(=O)NCCC(=O)NCCCN1CCCC[C@H]1CO. The molecule has 0 unspecified atom stereocenters. The minimum atomic E-state index is -3.23. The van der Waals surface area contributed by atoms with Crippen LogP contribution in [0, 0.1) is 0 Å². The monoisotopic (exact) mass is 321 g/mol. The highest BCUT2D eigenvalue weighted by Gasteiger charge is 2.20. The molecule has 0 bridgehead atoms. The second-order valence-electron chi connectivity index (χ2n) is 5.49. The predicted octanol–water partition coefficient (Wildman–Crippen LogP) is -0.721. The van der Waals surface area contributed by atoms with Crippen molar-refractivity contribution in [2.24, 2.45) is 0 Å². The second-order valence-corrected chi connectivity index (χ2v) is 7.32. The summed E-state index contributed by atoms with van der Waals surface area (Å²) in [6, 6.07) is 0.258. The molecule has 1 aliphatic heterocycles. The maximum absolute atomic E-state index is 11.5. The minimum absolute atomic E-state index is 0.128. The number of carbonyl (C=O) groups is 1. The summed E-state index contributed by atoms with van der Waals surface area (Å²) in [5.74, 6) is -0.150. The molecule has 1 heterocycles. The van der Waals surface area contributed by atoms with Gasteiger partial charge in [-0.2, -0.15) is 0 Å². The number of nitrogens with one attached hydrogen (secondary N) is 2. The van der Waals surface area contributed by atoms with Gasteiger partial charge in [-0.3, -0.25) is 9.69 Å². The first-order valence-electron chi connectivity index (χ1n) is 7.48. The topological polar surface area (TPSA) is 98.7 Å². The molecule has 0 aliphatic carbocycles. The van der Waals surface area contributed by atoms with Crippen LogP contribution in [0.5, 0.6) is 0 Å². The molecule has 1 fully saturated rings. The molecule has 1 atom stereocenters. The lowest BCUT2D eigenvalue weighted by Crippen LogP contribution is -2.43. The number of rotatable bonds is 9. The van der Waals surface area contributed by atoms with E-state index in [1.807, 2.05) is 0 Å². The number of hydrogen-bond donors (Lipinski definition) is 3. The summed E-state index contributed by atoms with van der Waals surface area (Å²) in [6.45, 7) is 2.78. The minimum Gasteiger partial charge on any atom is -0.395 e. The Morgan fingerprint density at radius 2 is 2.10 bits per heavy atom. The van der Waals surface area contributed by atoms with Crippen molar-refractivity contribution in [3.05, 3.63) is 0 Å². The lowest BCUT2D eigenvalue weighted by atomic mass is 10.0. The first-order chi connectivity index (χ1) is 9.92. The summed E-state index contributed by atoms with van der Waals surface area (Å²) in [5, 5.41) is 12.1. The fourth-order valence-corrected chi connectivity index (χ4v) is 2.98. The van der Waals surface area contributed by atoms with Gasteiger partial charge in [0.1, 0.15) is 0 Å². The molecule has 1 amide bonds. The van der Waals surface area contributed by atoms with E-state index in [2.05, 4.69) is 14.9 Å². The molecule has 1 aliphatic rings. The zero-order valence-corrected chi connectivity index (χ0v) is 13.5. The number of amides is 1. The molecular weight excluding hydrogens is 294 g/mol. The van der Waals surface area contributed by atoms with E-state index in [4.69, 9.17) is 0 Å². The molecule has 1 rings (SSSR count). The number of piperidine rings is 1. The molecule has 7 nitrogen and oxygen atoms in total. The van der Waals surface area contributed by atoms with Crippen LogP contribution in [-0.4, -0.2) is 69.4 Å². The average Bonchev–Trinajstić information content (AvgIpc) is 2.42. The van der Waals surface area contributed by atoms with Crippen LogP contribution in [-0.2, 0) is 14.8 Å². The van der Waals surface area contributed by atoms with E-state index in [-0.39, 0.29) is 31.5 Å². The van der Waals surface area contributed by atoms with Crippen molar-refractivity contribution < 1.29 is 18.3 Å². The molecule has 1 saturated heterocycles. The van der Waals surface area contributed by atoms with E-state index < -0.39 is 10.0 Å². The summed E-state index contributed by atoms with van der Waals surface area (Å²) >= 11 is 0. The molecule has 3 N–H and O–H groups in total. The molecule has 0 radical (unpaired) electrons. The summed E-state index contributed by atoms with van der Waals surface area (Å²) in [7, 11) is -3.23. The van der Waals surface area contributed by atoms with Crippen molar-refractivity contribution in [1.29, 1.82) is 0 Å². The van der Waals surface area contributed by atoms with Gasteiger partial charge in [-0.25, -0.2) is 13.1 Å². The number of nitrogens with zero attached hydrogens (tertiary/aromatic N) is 1. The molecule has 0 aromatic carbocycles. The molecule has 0 aromatic rings. The fraction of sp³-hybridized carbons (Fsp3) is 0.923. The van der Waals surface area contributed by atoms with Crippen LogP contribution in [0.1, 0.15) is 32.1 Å². The van der Waals surface area contributed by atoms with Crippen LogP contribution in [0.25, 0.3) is 0 Å². The Labute approximate surface area is 127 Å². The third-order valence-corrected chi connectivity index (χ3v) is 4.35. The number of hydrogen-bond acceptors (Lipinski definition) is 5. The van der Waals surface area contributed by atoms with E-state index in [1.54, 1.807) is 0 Å². The number of sulfonamides is 1. The highest BCUT2D eigenvalue weighted by atomic mass is 32.2. The lowest BCUT2D eigenvalue weighted by molar-refractivity contribution is -0.120. The van der Waals surface area contributed by atoms with E-state index in [0.29, 0.717) is 6.54 Å². The summed E-state index contributed by atoms with van der Waals surface area (Å²) < 4.78 is 24.0. The molecular formula is C13H27N3O4S. The summed E-state index contributed by atoms with van der Waals surface area (Å²) in [4.78, 5) is 13.8. The van der Waals surface area contributed by atoms with Crippen LogP contribution in [0.15, 0.2) is 0 Å². The van der Waals surface area contributed by atoms with Gasteiger partial charge in [0.25, 0.3) is 0 Å². The van der Waals surface area contributed by atoms with E-state index in [0.717, 1.165) is 32.2 Å². The second kappa shape index (κ2) is 9.34. The standard InChI is InChI=1S/C13H27N3O4S/c1-21(19,20)15-8-6-13(18)14-7-4-10-16-9-3-2-5-12(16)11-17/h12,15,17H,2-11H2,1H3,(H,14,18)/t12-/m0/s1. The smallest absolute Gasteiger partial charge is 0.221 e. The maximum Gasteiger partial charge on any atom is 0.221 e. The van der Waals surface area contributed by atoms with Crippen molar-refractivity contribution in [2.75, 3.05) is 39.0 Å². The number of carbonyl (C=O) groups excluding carboxylic acids is 1. The number of likely N-dealkylation sites (tertiary alicyclic amines) is 1. The Bertz CT molecular complexity index is 414. The van der Waals surface area contributed by atoms with Gasteiger partial charge in [0, 0.05) is 32.1 Å². The van der Waals surface area contributed by atoms with Gasteiger partial charge in [-0.15, -0.1) is 0 Å². The Balaban J connectivity index is 2.08. The van der Waals surface area contributed by atoms with E-state index in [1.165, 1.54) is 12.8 Å². The number of aliphatic hydroxyl groups is 1. The van der Waals surface area contributed by atoms with Crippen molar-refractivity contribution in [3.8, 4) is 0 Å². The van der Waals surface area contributed by atoms with Gasteiger partial charge < -0.3 is 10.4 Å². The van der Waals surface area contributed by atoms with E-state index >= 15 is 0 Å². The van der Waals surface area contributed by atoms with Crippen LogP contribution in [0.2, 0.25) is 0 Å². The quantitative estimate of drug-likeness (QED) is 0.487. The normalized spacial score (nSPS) is 20.4. The Morgan fingerprint density at radius 1 is 1.33 bits per heavy atom. The average molecular weight is 321 g/mol. The van der Waals surface area contributed by atoms with Crippen molar-refractivity contribution in [1.82, 2.24) is 14.9 Å². The molecule has 0 saturated carbocycles. The third kappa shape index (κ3) is 8.35. The molecule has 124 valence electrons. The largest absolute Gasteiger partial charge is 0.395 e. The van der Waals surface area contributed by atoms with Crippen LogP contribution < -0.4 is 10.0 Å². The highest BCUT2D eigenvalue weighted by molar-refractivity contribution is 7.88. The molecule has 0 spiro atoms. The Morgan fingerprint density at radius 3 is 2.76 bits per heavy atom. The summed E-state index contributed by atoms with van der Waals surface area (Å²) in [5.41, 5.74) is 0. The highest BCUT2D eigenvalue weighted by Crippen LogP contribution is 2.16. The summed E-state index contributed by atoms with van der Waals surface area (Å²) in [6.07, 6.45) is 5.44. The van der Waals surface area contributed by atoms with Gasteiger partial charge in [0.2, 0.25) is 15.9 Å². The van der Waals surface area contributed by atoms with Gasteiger partial charge in [-0.1, -0.05) is 6.42 Å². The molecule has 8 heteroatoms. The van der Waals surface area contributed by atoms with Crippen molar-refractivity contribution in [3.63, 3.8) is 0 Å². The predicted molar refractivity (Wildman–Crippen MR) is 81.4 cm³/mol. The Hall–Kier alpha value is -0.700. The zero-order chi connectivity index (χ0) is 15.7. The van der Waals surface area contributed by atoms with Crippen LogP contribution in [0.3, 0.4) is 0 Å². The molecule has 21 heavy (non-hydrogen) atoms. The van der Waals surface area contributed by atoms with E-state index in [9.17, 15) is 18.3 Å². The lowest BCUT2D eigenvalue weighted by Gasteiger charge is -2.34. The van der Waals surface area contributed by atoms with Crippen molar-refractivity contribution >= 4 is 15.9 Å². The maximum atomic E-state index is 11.5. The van der Waals surface area contributed by atoms with Gasteiger partial charge in [0.05, 0.1) is 12.9 Å². The molecule has 0 aromatic heterocycles. The first-order valence-corrected chi connectivity index (χ1v) is 9.38. The zero-order valence-electron chi connectivity index (χ0n) is 12.7. The van der Waals surface area contributed by atoms with Crippen molar-refractivity contribution in [2.45, 2.75) is 38.1 Å². The van der Waals surface area contributed by atoms with Gasteiger partial charge in [-0.05, 0) is 25.8 Å². The number of aliphatic hydroxyl groups excluding tert-OH is 1. The third-order valence-electron chi connectivity index (χ3n) is 3.62. The first kappa shape index (κ1) is 18.3. The Kier molecular flexibility index (Phi) is 8.16. The van der Waals surface area contributed by atoms with Gasteiger partial charge in [0.15, 0.2) is 0 Å². The van der Waals surface area contributed by atoms with Crippen LogP contribution >= 0.6 is 0 Å². The van der Waals surface area contributed by atoms with Gasteiger partial charge >= 0.3 is 0 Å². The fourth-order valence-electron chi connectivity index (χ4n) is 2.51.